The lowest BCUT2D eigenvalue weighted by molar-refractivity contribution is -0.908. The van der Waals surface area contributed by atoms with Gasteiger partial charge in [-0.25, -0.2) is 5.43 Å². The third kappa shape index (κ3) is 6.93. The van der Waals surface area contributed by atoms with Crippen LogP contribution >= 0.6 is 0 Å². The number of carbonyl (C=O) groups is 2. The molecule has 2 amide bonds. The Kier molecular flexibility index (Phi) is 8.24. The van der Waals surface area contributed by atoms with Crippen molar-refractivity contribution in [2.24, 2.45) is 5.10 Å². The molecule has 1 fully saturated rings. The summed E-state index contributed by atoms with van der Waals surface area (Å²) in [6.45, 7) is 9.30. The Morgan fingerprint density at radius 3 is 2.54 bits per heavy atom. The third-order valence-corrected chi connectivity index (χ3v) is 4.38. The summed E-state index contributed by atoms with van der Waals surface area (Å²) >= 11 is 0. The van der Waals surface area contributed by atoms with E-state index in [4.69, 9.17) is 4.74 Å². The Morgan fingerprint density at radius 2 is 1.88 bits per heavy atom. The fourth-order valence-electron chi connectivity index (χ4n) is 2.71. The molecule has 26 heavy (non-hydrogen) atoms. The first-order chi connectivity index (χ1) is 12.6. The number of ether oxygens (including phenoxy) is 1. The number of hydrogen-bond acceptors (Lipinski definition) is 4. The van der Waals surface area contributed by atoms with Crippen LogP contribution in [0, 0.1) is 0 Å². The van der Waals surface area contributed by atoms with Gasteiger partial charge in [-0.15, -0.1) is 0 Å². The molecular formula is C19H29N4O3+. The van der Waals surface area contributed by atoms with Crippen LogP contribution < -0.4 is 15.6 Å². The summed E-state index contributed by atoms with van der Waals surface area (Å²) in [5, 5.41) is 6.46. The van der Waals surface area contributed by atoms with Crippen molar-refractivity contribution in [3.63, 3.8) is 0 Å². The van der Waals surface area contributed by atoms with Crippen LogP contribution in [0.1, 0.15) is 37.3 Å². The molecular weight excluding hydrogens is 332 g/mol. The highest BCUT2D eigenvalue weighted by molar-refractivity contribution is 6.35. The van der Waals surface area contributed by atoms with Gasteiger partial charge in [0.1, 0.15) is 13.1 Å². The molecule has 1 heterocycles. The molecule has 1 aliphatic heterocycles. The fourth-order valence-corrected chi connectivity index (χ4v) is 2.71. The normalized spacial score (nSPS) is 15.3. The van der Waals surface area contributed by atoms with Crippen molar-refractivity contribution in [1.82, 2.24) is 10.7 Å². The predicted molar refractivity (Wildman–Crippen MR) is 100 cm³/mol. The second-order valence-electron chi connectivity index (χ2n) is 6.74. The molecule has 1 saturated heterocycles. The smallest absolute Gasteiger partial charge is 0.329 e. The lowest BCUT2D eigenvalue weighted by Gasteiger charge is -2.23. The average Bonchev–Trinajstić information content (AvgIpc) is 2.66. The summed E-state index contributed by atoms with van der Waals surface area (Å²) in [6.07, 6.45) is 2.36. The topological polar surface area (TPSA) is 84.2 Å². The van der Waals surface area contributed by atoms with Gasteiger partial charge in [-0.1, -0.05) is 38.1 Å². The number of carbonyl (C=O) groups excluding carboxylic acids is 2. The Morgan fingerprint density at radius 1 is 1.19 bits per heavy atom. The molecule has 0 radical (unpaired) electrons. The zero-order valence-corrected chi connectivity index (χ0v) is 15.6. The molecule has 0 aromatic heterocycles. The van der Waals surface area contributed by atoms with E-state index in [1.54, 1.807) is 0 Å². The second-order valence-corrected chi connectivity index (χ2v) is 6.74. The molecule has 0 spiro atoms. The monoisotopic (exact) mass is 361 g/mol. The van der Waals surface area contributed by atoms with Crippen LogP contribution in [-0.4, -0.2) is 57.4 Å². The second kappa shape index (κ2) is 10.7. The summed E-state index contributed by atoms with van der Waals surface area (Å²) in [4.78, 5) is 24.9. The highest BCUT2D eigenvalue weighted by Crippen LogP contribution is 2.13. The summed E-state index contributed by atoms with van der Waals surface area (Å²) in [6, 6.07) is 7.91. The van der Waals surface area contributed by atoms with E-state index in [2.05, 4.69) is 29.7 Å². The molecule has 3 N–H and O–H groups in total. The molecule has 0 atom stereocenters. The molecule has 0 bridgehead atoms. The van der Waals surface area contributed by atoms with Gasteiger partial charge in [0.05, 0.1) is 26.0 Å². The van der Waals surface area contributed by atoms with Crippen LogP contribution in [0.15, 0.2) is 29.4 Å². The Hall–Kier alpha value is -2.25. The van der Waals surface area contributed by atoms with Crippen molar-refractivity contribution in [2.45, 2.75) is 26.2 Å². The van der Waals surface area contributed by atoms with E-state index in [0.29, 0.717) is 12.5 Å². The number of rotatable bonds is 7. The van der Waals surface area contributed by atoms with Crippen molar-refractivity contribution in [3.8, 4) is 0 Å². The first-order valence-electron chi connectivity index (χ1n) is 9.19. The van der Waals surface area contributed by atoms with Gasteiger partial charge in [0, 0.05) is 13.0 Å². The van der Waals surface area contributed by atoms with Gasteiger partial charge >= 0.3 is 11.8 Å². The first kappa shape index (κ1) is 20.1. The number of amides is 2. The standard InChI is InChI=1S/C19H28N4O3/c1-15(2)17-6-4-16(5-7-17)14-21-22-19(25)18(24)20-8-3-9-23-10-12-26-13-11-23/h4-7,14-15H,3,8-13H2,1-2H3,(H,20,24)(H,22,25)/p+1/b21-14-. The van der Waals surface area contributed by atoms with Gasteiger partial charge in [-0.05, 0) is 17.0 Å². The van der Waals surface area contributed by atoms with Crippen molar-refractivity contribution >= 4 is 18.0 Å². The maximum atomic E-state index is 11.7. The molecule has 142 valence electrons. The molecule has 0 aliphatic carbocycles. The maximum absolute atomic E-state index is 11.7. The number of nitrogens with zero attached hydrogens (tertiary/aromatic N) is 1. The maximum Gasteiger partial charge on any atom is 0.329 e. The quantitative estimate of drug-likeness (QED) is 0.269. The minimum atomic E-state index is -0.751. The lowest BCUT2D eigenvalue weighted by atomic mass is 10.0. The number of hydrazone groups is 1. The summed E-state index contributed by atoms with van der Waals surface area (Å²) in [5.74, 6) is -0.942. The van der Waals surface area contributed by atoms with E-state index < -0.39 is 11.8 Å². The van der Waals surface area contributed by atoms with Crippen LogP contribution in [0.2, 0.25) is 0 Å². The van der Waals surface area contributed by atoms with E-state index in [1.165, 1.54) is 16.7 Å². The van der Waals surface area contributed by atoms with Crippen molar-refractivity contribution in [1.29, 1.82) is 0 Å². The van der Waals surface area contributed by atoms with E-state index in [9.17, 15) is 9.59 Å². The minimum absolute atomic E-state index is 0.467. The van der Waals surface area contributed by atoms with Crippen molar-refractivity contribution in [2.75, 3.05) is 39.4 Å². The fraction of sp³-hybridized carbons (Fsp3) is 0.526. The van der Waals surface area contributed by atoms with Crippen LogP contribution in [0.3, 0.4) is 0 Å². The van der Waals surface area contributed by atoms with Gasteiger partial charge in [0.25, 0.3) is 0 Å². The van der Waals surface area contributed by atoms with Gasteiger partial charge in [-0.2, -0.15) is 5.10 Å². The molecule has 1 aromatic carbocycles. The van der Waals surface area contributed by atoms with Gasteiger partial charge < -0.3 is 15.0 Å². The zero-order chi connectivity index (χ0) is 18.8. The van der Waals surface area contributed by atoms with Gasteiger partial charge in [-0.3, -0.25) is 9.59 Å². The highest BCUT2D eigenvalue weighted by Gasteiger charge is 2.14. The molecule has 0 unspecified atom stereocenters. The lowest BCUT2D eigenvalue weighted by Crippen LogP contribution is -3.14. The Balaban J connectivity index is 1.64. The van der Waals surface area contributed by atoms with Crippen LogP contribution in [0.4, 0.5) is 0 Å². The number of hydrogen-bond donors (Lipinski definition) is 3. The van der Waals surface area contributed by atoms with E-state index in [1.807, 2.05) is 24.3 Å². The van der Waals surface area contributed by atoms with Gasteiger partial charge in [0.15, 0.2) is 0 Å². The average molecular weight is 361 g/mol. The van der Waals surface area contributed by atoms with Crippen molar-refractivity contribution in [3.05, 3.63) is 35.4 Å². The SMILES string of the molecule is CC(C)c1ccc(/C=N\NC(=O)C(=O)NCCC[NH+]2CCOCC2)cc1. The molecule has 7 heteroatoms. The van der Waals surface area contributed by atoms with Gasteiger partial charge in [0.2, 0.25) is 0 Å². The molecule has 7 nitrogen and oxygen atoms in total. The van der Waals surface area contributed by atoms with Crippen molar-refractivity contribution < 1.29 is 19.2 Å². The first-order valence-corrected chi connectivity index (χ1v) is 9.19. The Bertz CT molecular complexity index is 608. The molecule has 1 aliphatic rings. The number of quaternary nitrogens is 1. The van der Waals surface area contributed by atoms with Crippen LogP contribution in [-0.2, 0) is 14.3 Å². The van der Waals surface area contributed by atoms with Crippen LogP contribution in [0.5, 0.6) is 0 Å². The number of morpholine rings is 1. The third-order valence-electron chi connectivity index (χ3n) is 4.38. The predicted octanol–water partition coefficient (Wildman–Crippen LogP) is -0.318. The summed E-state index contributed by atoms with van der Waals surface area (Å²) in [7, 11) is 0. The molecule has 0 saturated carbocycles. The Labute approximate surface area is 154 Å². The highest BCUT2D eigenvalue weighted by atomic mass is 16.5. The van der Waals surface area contributed by atoms with E-state index in [0.717, 1.165) is 44.8 Å². The molecule has 1 aromatic rings. The summed E-state index contributed by atoms with van der Waals surface area (Å²) < 4.78 is 5.30. The van der Waals surface area contributed by atoms with E-state index in [-0.39, 0.29) is 0 Å². The minimum Gasteiger partial charge on any atom is -0.370 e. The zero-order valence-electron chi connectivity index (χ0n) is 15.6. The number of benzene rings is 1. The largest absolute Gasteiger partial charge is 0.370 e. The van der Waals surface area contributed by atoms with E-state index >= 15 is 0 Å². The molecule has 2 rings (SSSR count). The summed E-state index contributed by atoms with van der Waals surface area (Å²) in [5.41, 5.74) is 4.36. The number of nitrogens with one attached hydrogen (secondary N) is 3. The van der Waals surface area contributed by atoms with Crippen LogP contribution in [0.25, 0.3) is 0 Å².